The molecule has 0 aliphatic carbocycles. The van der Waals surface area contributed by atoms with Crippen molar-refractivity contribution in [2.45, 2.75) is 6.92 Å². The molecular weight excluding hydrogens is 248 g/mol. The van der Waals surface area contributed by atoms with Crippen molar-refractivity contribution >= 4 is 28.5 Å². The molecular formula is C13H12N2O4. The maximum atomic E-state index is 11.2. The number of benzene rings is 1. The molecule has 6 nitrogen and oxygen atoms in total. The largest absolute Gasteiger partial charge is 0.494 e. The molecule has 1 heterocycles. The van der Waals surface area contributed by atoms with Crippen molar-refractivity contribution in [3.63, 3.8) is 0 Å². The molecule has 1 aromatic carbocycles. The molecule has 19 heavy (non-hydrogen) atoms. The number of ether oxygens (including phenoxy) is 1. The molecule has 0 saturated carbocycles. The van der Waals surface area contributed by atoms with E-state index in [1.165, 1.54) is 20.1 Å². The zero-order chi connectivity index (χ0) is 14.0. The fraction of sp³-hybridized carbons (Fsp3) is 0.154. The molecule has 2 rings (SSSR count). The van der Waals surface area contributed by atoms with Gasteiger partial charge in [-0.05, 0) is 12.1 Å². The van der Waals surface area contributed by atoms with Gasteiger partial charge in [-0.25, -0.2) is 9.78 Å². The van der Waals surface area contributed by atoms with Crippen LogP contribution in [0.2, 0.25) is 0 Å². The third-order valence-electron chi connectivity index (χ3n) is 2.55. The van der Waals surface area contributed by atoms with Gasteiger partial charge in [0.15, 0.2) is 5.69 Å². The second-order valence-electron chi connectivity index (χ2n) is 3.90. The summed E-state index contributed by atoms with van der Waals surface area (Å²) in [5.74, 6) is -1.00. The van der Waals surface area contributed by atoms with Crippen LogP contribution in [-0.4, -0.2) is 29.1 Å². The van der Waals surface area contributed by atoms with Gasteiger partial charge in [-0.3, -0.25) is 4.79 Å². The van der Waals surface area contributed by atoms with Crippen LogP contribution in [-0.2, 0) is 4.79 Å². The number of pyridine rings is 1. The Kier molecular flexibility index (Phi) is 3.33. The lowest BCUT2D eigenvalue weighted by atomic mass is 10.1. The number of hydrogen-bond donors (Lipinski definition) is 2. The molecule has 0 atom stereocenters. The standard InChI is InChI=1S/C13H12N2O4/c1-7(16)14-9-6-10(13(17)18)15-12-8(9)4-3-5-11(12)19-2/h3-6H,1-2H3,(H,17,18)(H,14,15,16). The Balaban J connectivity index is 2.77. The number of methoxy groups -OCH3 is 1. The summed E-state index contributed by atoms with van der Waals surface area (Å²) in [7, 11) is 1.47. The third-order valence-corrected chi connectivity index (χ3v) is 2.55. The predicted molar refractivity (Wildman–Crippen MR) is 69.6 cm³/mol. The van der Waals surface area contributed by atoms with Crippen molar-refractivity contribution in [2.75, 3.05) is 12.4 Å². The second-order valence-corrected chi connectivity index (χ2v) is 3.90. The molecule has 0 spiro atoms. The number of carbonyl (C=O) groups is 2. The summed E-state index contributed by atoms with van der Waals surface area (Å²) in [6.45, 7) is 1.35. The first-order chi connectivity index (χ1) is 9.02. The number of aromatic carboxylic acids is 1. The van der Waals surface area contributed by atoms with E-state index in [0.717, 1.165) is 0 Å². The number of rotatable bonds is 3. The van der Waals surface area contributed by atoms with Gasteiger partial charge in [-0.15, -0.1) is 0 Å². The maximum absolute atomic E-state index is 11.2. The zero-order valence-electron chi connectivity index (χ0n) is 10.4. The van der Waals surface area contributed by atoms with Gasteiger partial charge in [-0.1, -0.05) is 12.1 Å². The monoisotopic (exact) mass is 260 g/mol. The van der Waals surface area contributed by atoms with Gasteiger partial charge in [0.25, 0.3) is 0 Å². The van der Waals surface area contributed by atoms with E-state index in [-0.39, 0.29) is 11.6 Å². The van der Waals surface area contributed by atoms with E-state index in [9.17, 15) is 9.59 Å². The number of amides is 1. The highest BCUT2D eigenvalue weighted by molar-refractivity contribution is 6.04. The molecule has 1 aromatic heterocycles. The number of hydrogen-bond acceptors (Lipinski definition) is 4. The number of carbonyl (C=O) groups excluding carboxylic acids is 1. The number of carboxylic acids is 1. The number of nitrogens with one attached hydrogen (secondary N) is 1. The van der Waals surface area contributed by atoms with E-state index in [0.29, 0.717) is 22.3 Å². The van der Waals surface area contributed by atoms with Crippen LogP contribution in [0.15, 0.2) is 24.3 Å². The minimum atomic E-state index is -1.17. The van der Waals surface area contributed by atoms with Crippen LogP contribution in [0.5, 0.6) is 5.75 Å². The number of aromatic nitrogens is 1. The Bertz CT molecular complexity index is 667. The van der Waals surface area contributed by atoms with E-state index >= 15 is 0 Å². The molecule has 0 fully saturated rings. The Morgan fingerprint density at radius 3 is 2.68 bits per heavy atom. The lowest BCUT2D eigenvalue weighted by molar-refractivity contribution is -0.114. The fourth-order valence-electron chi connectivity index (χ4n) is 1.79. The lowest BCUT2D eigenvalue weighted by Crippen LogP contribution is -2.09. The highest BCUT2D eigenvalue weighted by atomic mass is 16.5. The molecule has 1 amide bonds. The first kappa shape index (κ1) is 12.8. The SMILES string of the molecule is COc1cccc2c(NC(C)=O)cc(C(=O)O)nc12. The number of para-hydroxylation sites is 1. The number of carboxylic acid groups (broad SMARTS) is 1. The Morgan fingerprint density at radius 1 is 1.37 bits per heavy atom. The van der Waals surface area contributed by atoms with Gasteiger partial charge in [0.2, 0.25) is 5.91 Å². The third kappa shape index (κ3) is 2.47. The van der Waals surface area contributed by atoms with Crippen LogP contribution in [0.25, 0.3) is 10.9 Å². The Morgan fingerprint density at radius 2 is 2.11 bits per heavy atom. The number of fused-ring (bicyclic) bond motifs is 1. The van der Waals surface area contributed by atoms with Gasteiger partial charge in [0.1, 0.15) is 11.3 Å². The topological polar surface area (TPSA) is 88.5 Å². The molecule has 0 bridgehead atoms. The molecule has 6 heteroatoms. The molecule has 0 saturated heterocycles. The van der Waals surface area contributed by atoms with Crippen LogP contribution in [0.1, 0.15) is 17.4 Å². The van der Waals surface area contributed by atoms with Crippen molar-refractivity contribution < 1.29 is 19.4 Å². The van der Waals surface area contributed by atoms with E-state index in [1.54, 1.807) is 18.2 Å². The van der Waals surface area contributed by atoms with Crippen molar-refractivity contribution in [3.8, 4) is 5.75 Å². The smallest absolute Gasteiger partial charge is 0.354 e. The molecule has 0 aliphatic heterocycles. The molecule has 0 radical (unpaired) electrons. The number of nitrogens with zero attached hydrogens (tertiary/aromatic N) is 1. The quantitative estimate of drug-likeness (QED) is 0.879. The van der Waals surface area contributed by atoms with E-state index in [4.69, 9.17) is 9.84 Å². The maximum Gasteiger partial charge on any atom is 0.354 e. The molecule has 2 N–H and O–H groups in total. The minimum Gasteiger partial charge on any atom is -0.494 e. The Labute approximate surface area is 109 Å². The lowest BCUT2D eigenvalue weighted by Gasteiger charge is -2.10. The van der Waals surface area contributed by atoms with E-state index in [2.05, 4.69) is 10.3 Å². The van der Waals surface area contributed by atoms with Crippen molar-refractivity contribution in [3.05, 3.63) is 30.0 Å². The van der Waals surface area contributed by atoms with Gasteiger partial charge < -0.3 is 15.2 Å². The summed E-state index contributed by atoms with van der Waals surface area (Å²) >= 11 is 0. The molecule has 0 aliphatic rings. The summed E-state index contributed by atoms with van der Waals surface area (Å²) in [5.41, 5.74) is 0.642. The van der Waals surface area contributed by atoms with Crippen molar-refractivity contribution in [2.24, 2.45) is 0 Å². The van der Waals surface area contributed by atoms with Crippen LogP contribution >= 0.6 is 0 Å². The van der Waals surface area contributed by atoms with Crippen LogP contribution in [0, 0.1) is 0 Å². The summed E-state index contributed by atoms with van der Waals surface area (Å²) in [4.78, 5) is 26.3. The highest BCUT2D eigenvalue weighted by Crippen LogP contribution is 2.29. The summed E-state index contributed by atoms with van der Waals surface area (Å²) in [6.07, 6.45) is 0. The van der Waals surface area contributed by atoms with Gasteiger partial charge >= 0.3 is 5.97 Å². The average Bonchev–Trinajstić information content (AvgIpc) is 2.37. The van der Waals surface area contributed by atoms with E-state index < -0.39 is 5.97 Å². The summed E-state index contributed by atoms with van der Waals surface area (Å²) in [5, 5.41) is 12.3. The fourth-order valence-corrected chi connectivity index (χ4v) is 1.79. The first-order valence-corrected chi connectivity index (χ1v) is 5.51. The van der Waals surface area contributed by atoms with Gasteiger partial charge in [0.05, 0.1) is 12.8 Å². The summed E-state index contributed by atoms with van der Waals surface area (Å²) in [6, 6.07) is 6.49. The normalized spacial score (nSPS) is 10.2. The van der Waals surface area contributed by atoms with Crippen LogP contribution in [0.4, 0.5) is 5.69 Å². The average molecular weight is 260 g/mol. The molecule has 98 valence electrons. The summed E-state index contributed by atoms with van der Waals surface area (Å²) < 4.78 is 5.15. The van der Waals surface area contributed by atoms with Gasteiger partial charge in [0, 0.05) is 12.3 Å². The highest BCUT2D eigenvalue weighted by Gasteiger charge is 2.14. The van der Waals surface area contributed by atoms with Crippen LogP contribution in [0.3, 0.4) is 0 Å². The molecule has 2 aromatic rings. The second kappa shape index (κ2) is 4.93. The van der Waals surface area contributed by atoms with Crippen LogP contribution < -0.4 is 10.1 Å². The number of anilines is 1. The minimum absolute atomic E-state index is 0.152. The first-order valence-electron chi connectivity index (χ1n) is 5.51. The van der Waals surface area contributed by atoms with E-state index in [1.807, 2.05) is 0 Å². The van der Waals surface area contributed by atoms with Crippen molar-refractivity contribution in [1.82, 2.24) is 4.98 Å². The zero-order valence-corrected chi connectivity index (χ0v) is 10.4. The predicted octanol–water partition coefficient (Wildman–Crippen LogP) is 1.90. The Hall–Kier alpha value is -2.63. The molecule has 0 unspecified atom stereocenters. The van der Waals surface area contributed by atoms with Crippen molar-refractivity contribution in [1.29, 1.82) is 0 Å². The van der Waals surface area contributed by atoms with Gasteiger partial charge in [-0.2, -0.15) is 0 Å².